The number of halogens is 1. The molecule has 4 heteroatoms. The number of benzene rings is 2. The first-order valence-corrected chi connectivity index (χ1v) is 8.49. The van der Waals surface area contributed by atoms with Gasteiger partial charge in [-0.3, -0.25) is 4.79 Å². The van der Waals surface area contributed by atoms with Crippen molar-refractivity contribution >= 4 is 5.91 Å². The Balaban J connectivity index is 1.52. The number of para-hydroxylation sites is 1. The molecule has 0 aromatic heterocycles. The molecule has 1 amide bonds. The Morgan fingerprint density at radius 2 is 1.92 bits per heavy atom. The van der Waals surface area contributed by atoms with Crippen LogP contribution in [0.15, 0.2) is 48.5 Å². The highest BCUT2D eigenvalue weighted by Crippen LogP contribution is 2.35. The SMILES string of the molecule is O=C(C1COc2ccccc2C1)N1CCCC1c1ccc(F)cc1. The molecule has 24 heavy (non-hydrogen) atoms. The van der Waals surface area contributed by atoms with Crippen LogP contribution in [-0.2, 0) is 11.2 Å². The Bertz CT molecular complexity index is 744. The summed E-state index contributed by atoms with van der Waals surface area (Å²) < 4.78 is 18.9. The number of likely N-dealkylation sites (tertiary alicyclic amines) is 1. The molecule has 0 spiro atoms. The summed E-state index contributed by atoms with van der Waals surface area (Å²) in [6, 6.07) is 14.5. The zero-order chi connectivity index (χ0) is 16.5. The van der Waals surface area contributed by atoms with Crippen molar-refractivity contribution in [3.63, 3.8) is 0 Å². The number of amides is 1. The maximum atomic E-state index is 13.2. The molecule has 3 nitrogen and oxygen atoms in total. The predicted octanol–water partition coefficient (Wildman–Crippen LogP) is 3.74. The van der Waals surface area contributed by atoms with E-state index in [-0.39, 0.29) is 23.7 Å². The number of carbonyl (C=O) groups excluding carboxylic acids is 1. The summed E-state index contributed by atoms with van der Waals surface area (Å²) in [5.41, 5.74) is 2.11. The number of ether oxygens (including phenoxy) is 1. The minimum atomic E-state index is -0.244. The van der Waals surface area contributed by atoms with Crippen LogP contribution in [0.5, 0.6) is 5.75 Å². The monoisotopic (exact) mass is 325 g/mol. The fourth-order valence-corrected chi connectivity index (χ4v) is 3.78. The van der Waals surface area contributed by atoms with Crippen molar-refractivity contribution in [2.24, 2.45) is 5.92 Å². The number of carbonyl (C=O) groups is 1. The standard InChI is InChI=1S/C20H20FNO2/c21-17-9-7-14(8-10-17)18-5-3-11-22(18)20(23)16-12-15-4-1-2-6-19(15)24-13-16/h1-2,4,6-10,16,18H,3,5,11-13H2. The second kappa shape index (κ2) is 6.27. The molecular weight excluding hydrogens is 305 g/mol. The number of nitrogens with zero attached hydrogens (tertiary/aromatic N) is 1. The number of rotatable bonds is 2. The Morgan fingerprint density at radius 3 is 2.75 bits per heavy atom. The molecule has 0 aliphatic carbocycles. The summed E-state index contributed by atoms with van der Waals surface area (Å²) >= 11 is 0. The van der Waals surface area contributed by atoms with E-state index in [9.17, 15) is 9.18 Å². The van der Waals surface area contributed by atoms with Gasteiger partial charge in [-0.15, -0.1) is 0 Å². The first-order chi connectivity index (χ1) is 11.7. The van der Waals surface area contributed by atoms with Gasteiger partial charge in [0.05, 0.1) is 12.0 Å². The third-order valence-electron chi connectivity index (χ3n) is 5.02. The second-order valence-corrected chi connectivity index (χ2v) is 6.56. The summed E-state index contributed by atoms with van der Waals surface area (Å²) in [5, 5.41) is 0. The van der Waals surface area contributed by atoms with E-state index < -0.39 is 0 Å². The lowest BCUT2D eigenvalue weighted by Crippen LogP contribution is -2.40. The molecule has 1 fully saturated rings. The van der Waals surface area contributed by atoms with E-state index in [1.807, 2.05) is 29.2 Å². The van der Waals surface area contributed by atoms with E-state index in [4.69, 9.17) is 4.74 Å². The van der Waals surface area contributed by atoms with Crippen LogP contribution in [0.3, 0.4) is 0 Å². The number of hydrogen-bond acceptors (Lipinski definition) is 2. The van der Waals surface area contributed by atoms with E-state index >= 15 is 0 Å². The van der Waals surface area contributed by atoms with Gasteiger partial charge in [-0.2, -0.15) is 0 Å². The normalized spacial score (nSPS) is 22.8. The van der Waals surface area contributed by atoms with Crippen LogP contribution in [0.1, 0.15) is 30.0 Å². The van der Waals surface area contributed by atoms with Crippen molar-refractivity contribution in [2.45, 2.75) is 25.3 Å². The molecule has 2 heterocycles. The molecule has 0 radical (unpaired) electrons. The quantitative estimate of drug-likeness (QED) is 0.842. The predicted molar refractivity (Wildman–Crippen MR) is 89.2 cm³/mol. The molecule has 2 aromatic carbocycles. The topological polar surface area (TPSA) is 29.5 Å². The van der Waals surface area contributed by atoms with Crippen molar-refractivity contribution in [2.75, 3.05) is 13.2 Å². The van der Waals surface area contributed by atoms with Gasteiger partial charge in [0, 0.05) is 6.54 Å². The van der Waals surface area contributed by atoms with Crippen molar-refractivity contribution < 1.29 is 13.9 Å². The second-order valence-electron chi connectivity index (χ2n) is 6.56. The Morgan fingerprint density at radius 1 is 1.12 bits per heavy atom. The molecule has 0 bridgehead atoms. The molecule has 1 saturated heterocycles. The number of fused-ring (bicyclic) bond motifs is 1. The van der Waals surface area contributed by atoms with Gasteiger partial charge in [0.15, 0.2) is 0 Å². The average Bonchev–Trinajstić information content (AvgIpc) is 3.11. The van der Waals surface area contributed by atoms with Crippen LogP contribution >= 0.6 is 0 Å². The van der Waals surface area contributed by atoms with Gasteiger partial charge in [0.25, 0.3) is 0 Å². The smallest absolute Gasteiger partial charge is 0.229 e. The van der Waals surface area contributed by atoms with Gasteiger partial charge in [0.2, 0.25) is 5.91 Å². The lowest BCUT2D eigenvalue weighted by Gasteiger charge is -2.31. The summed E-state index contributed by atoms with van der Waals surface area (Å²) in [6.45, 7) is 1.20. The van der Waals surface area contributed by atoms with E-state index in [2.05, 4.69) is 0 Å². The summed E-state index contributed by atoms with van der Waals surface area (Å²) in [4.78, 5) is 15.0. The minimum absolute atomic E-state index is 0.0512. The fourth-order valence-electron chi connectivity index (χ4n) is 3.78. The third kappa shape index (κ3) is 2.77. The van der Waals surface area contributed by atoms with E-state index in [0.29, 0.717) is 6.61 Å². The Kier molecular flexibility index (Phi) is 3.97. The van der Waals surface area contributed by atoms with Gasteiger partial charge in [-0.25, -0.2) is 4.39 Å². The highest BCUT2D eigenvalue weighted by molar-refractivity contribution is 5.80. The van der Waals surface area contributed by atoms with Gasteiger partial charge >= 0.3 is 0 Å². The number of hydrogen-bond donors (Lipinski definition) is 0. The first kappa shape index (κ1) is 15.2. The Labute approximate surface area is 141 Å². The van der Waals surface area contributed by atoms with E-state index in [1.165, 1.54) is 12.1 Å². The molecule has 0 N–H and O–H groups in total. The van der Waals surface area contributed by atoms with Crippen LogP contribution in [0.4, 0.5) is 4.39 Å². The zero-order valence-electron chi connectivity index (χ0n) is 13.5. The molecular formula is C20H20FNO2. The van der Waals surface area contributed by atoms with Crippen molar-refractivity contribution in [3.05, 3.63) is 65.5 Å². The fraction of sp³-hybridized carbons (Fsp3) is 0.350. The average molecular weight is 325 g/mol. The largest absolute Gasteiger partial charge is 0.492 e. The van der Waals surface area contributed by atoms with Crippen LogP contribution in [0.25, 0.3) is 0 Å². The summed E-state index contributed by atoms with van der Waals surface area (Å²) in [5.74, 6) is 0.655. The molecule has 0 saturated carbocycles. The van der Waals surface area contributed by atoms with Crippen LogP contribution in [0.2, 0.25) is 0 Å². The highest BCUT2D eigenvalue weighted by atomic mass is 19.1. The molecule has 2 atom stereocenters. The van der Waals surface area contributed by atoms with Crippen molar-refractivity contribution in [3.8, 4) is 5.75 Å². The van der Waals surface area contributed by atoms with Crippen LogP contribution in [-0.4, -0.2) is 24.0 Å². The lowest BCUT2D eigenvalue weighted by molar-refractivity contribution is -0.137. The minimum Gasteiger partial charge on any atom is -0.492 e. The van der Waals surface area contributed by atoms with Crippen molar-refractivity contribution in [1.82, 2.24) is 4.90 Å². The maximum Gasteiger partial charge on any atom is 0.229 e. The zero-order valence-corrected chi connectivity index (χ0v) is 13.5. The Hall–Kier alpha value is -2.36. The van der Waals surface area contributed by atoms with E-state index in [1.54, 1.807) is 12.1 Å². The van der Waals surface area contributed by atoms with Crippen LogP contribution in [0, 0.1) is 11.7 Å². The van der Waals surface area contributed by atoms with Gasteiger partial charge in [0.1, 0.15) is 18.2 Å². The molecule has 124 valence electrons. The van der Waals surface area contributed by atoms with Gasteiger partial charge in [-0.1, -0.05) is 30.3 Å². The molecule has 2 aliphatic rings. The summed E-state index contributed by atoms with van der Waals surface area (Å²) in [6.07, 6.45) is 2.64. The maximum absolute atomic E-state index is 13.2. The molecule has 2 aromatic rings. The molecule has 4 rings (SSSR count). The molecule has 2 unspecified atom stereocenters. The summed E-state index contributed by atoms with van der Waals surface area (Å²) in [7, 11) is 0. The van der Waals surface area contributed by atoms with E-state index in [0.717, 1.165) is 42.7 Å². The first-order valence-electron chi connectivity index (χ1n) is 8.49. The highest BCUT2D eigenvalue weighted by Gasteiger charge is 2.35. The molecule has 2 aliphatic heterocycles. The van der Waals surface area contributed by atoms with Crippen molar-refractivity contribution in [1.29, 1.82) is 0 Å². The van der Waals surface area contributed by atoms with Crippen LogP contribution < -0.4 is 4.74 Å². The third-order valence-corrected chi connectivity index (χ3v) is 5.02. The van der Waals surface area contributed by atoms with Gasteiger partial charge < -0.3 is 9.64 Å². The van der Waals surface area contributed by atoms with Gasteiger partial charge in [-0.05, 0) is 48.6 Å². The lowest BCUT2D eigenvalue weighted by atomic mass is 9.94.